The first-order chi connectivity index (χ1) is 8.84. The van der Waals surface area contributed by atoms with Gasteiger partial charge in [-0.05, 0) is 17.7 Å². The smallest absolute Gasteiger partial charge is 0.348 e. The predicted molar refractivity (Wildman–Crippen MR) is 63.2 cm³/mol. The van der Waals surface area contributed by atoms with E-state index in [0.29, 0.717) is 5.56 Å². The van der Waals surface area contributed by atoms with Crippen molar-refractivity contribution in [2.75, 3.05) is 5.32 Å². The largest absolute Gasteiger partial charge is 0.471 e. The van der Waals surface area contributed by atoms with Gasteiger partial charge in [0.25, 0.3) is 0 Å². The molecule has 0 spiro atoms. The Labute approximate surface area is 107 Å². The van der Waals surface area contributed by atoms with Crippen molar-refractivity contribution >= 4 is 17.5 Å². The van der Waals surface area contributed by atoms with Crippen LogP contribution in [0.1, 0.15) is 5.56 Å². The van der Waals surface area contributed by atoms with E-state index in [0.717, 1.165) is 6.08 Å². The average molecular weight is 272 g/mol. The second-order valence-corrected chi connectivity index (χ2v) is 3.53. The van der Waals surface area contributed by atoms with E-state index >= 15 is 0 Å². The lowest BCUT2D eigenvalue weighted by molar-refractivity contribution is -0.167. The molecule has 1 rings (SSSR count). The third kappa shape index (κ3) is 4.46. The monoisotopic (exact) mass is 272 g/mol. The summed E-state index contributed by atoms with van der Waals surface area (Å²) in [6.45, 7) is 3.23. The Hall–Kier alpha value is -2.31. The van der Waals surface area contributed by atoms with Crippen molar-refractivity contribution in [3.63, 3.8) is 0 Å². The molecule has 2 N–H and O–H groups in total. The summed E-state index contributed by atoms with van der Waals surface area (Å²) in [6, 6.07) is 5.87. The lowest BCUT2D eigenvalue weighted by Crippen LogP contribution is -2.30. The van der Waals surface area contributed by atoms with Crippen LogP contribution in [0.25, 0.3) is 0 Å². The Morgan fingerprint density at radius 3 is 2.47 bits per heavy atom. The molecule has 7 heteroatoms. The van der Waals surface area contributed by atoms with Gasteiger partial charge < -0.3 is 10.6 Å². The van der Waals surface area contributed by atoms with Gasteiger partial charge in [-0.15, -0.1) is 0 Å². The molecule has 2 amide bonds. The van der Waals surface area contributed by atoms with Crippen LogP contribution in [0.15, 0.2) is 36.9 Å². The topological polar surface area (TPSA) is 58.2 Å². The molecule has 19 heavy (non-hydrogen) atoms. The normalized spacial score (nSPS) is 10.7. The lowest BCUT2D eigenvalue weighted by Gasteiger charge is -2.12. The Morgan fingerprint density at radius 1 is 1.26 bits per heavy atom. The van der Waals surface area contributed by atoms with Crippen LogP contribution in [0.4, 0.5) is 18.9 Å². The van der Waals surface area contributed by atoms with Crippen molar-refractivity contribution in [3.8, 4) is 0 Å². The van der Waals surface area contributed by atoms with Gasteiger partial charge in [0.15, 0.2) is 0 Å². The second kappa shape index (κ2) is 6.03. The van der Waals surface area contributed by atoms with E-state index < -0.39 is 18.0 Å². The molecule has 0 atom stereocenters. The van der Waals surface area contributed by atoms with Gasteiger partial charge in [0, 0.05) is 12.2 Å². The first-order valence-electron chi connectivity index (χ1n) is 5.21. The number of halogens is 3. The summed E-state index contributed by atoms with van der Waals surface area (Å²) < 4.78 is 36.4. The van der Waals surface area contributed by atoms with Crippen molar-refractivity contribution in [1.29, 1.82) is 0 Å². The zero-order valence-corrected chi connectivity index (χ0v) is 9.75. The van der Waals surface area contributed by atoms with Gasteiger partial charge in [0.2, 0.25) is 5.91 Å². The van der Waals surface area contributed by atoms with E-state index in [2.05, 4.69) is 11.9 Å². The highest BCUT2D eigenvalue weighted by Crippen LogP contribution is 2.20. The Bertz CT molecular complexity index is 498. The molecule has 4 nitrogen and oxygen atoms in total. The van der Waals surface area contributed by atoms with E-state index in [4.69, 9.17) is 0 Å². The number of hydrogen-bond acceptors (Lipinski definition) is 2. The third-order valence-corrected chi connectivity index (χ3v) is 2.16. The summed E-state index contributed by atoms with van der Waals surface area (Å²) >= 11 is 0. The number of amides is 2. The molecule has 1 aromatic carbocycles. The molecule has 0 aliphatic rings. The van der Waals surface area contributed by atoms with Crippen LogP contribution in [-0.4, -0.2) is 18.0 Å². The van der Waals surface area contributed by atoms with E-state index in [-0.39, 0.29) is 12.2 Å². The van der Waals surface area contributed by atoms with Gasteiger partial charge in [-0.3, -0.25) is 9.59 Å². The fraction of sp³-hybridized carbons (Fsp3) is 0.167. The van der Waals surface area contributed by atoms with E-state index in [1.54, 1.807) is 11.4 Å². The number of nitrogens with one attached hydrogen (secondary N) is 2. The van der Waals surface area contributed by atoms with Crippen LogP contribution in [0.3, 0.4) is 0 Å². The number of benzene rings is 1. The number of rotatable bonds is 4. The molecule has 0 fully saturated rings. The van der Waals surface area contributed by atoms with Crippen LogP contribution in [0, 0.1) is 0 Å². The summed E-state index contributed by atoms with van der Waals surface area (Å²) in [5, 5.41) is 4.16. The maximum absolute atomic E-state index is 12.1. The summed E-state index contributed by atoms with van der Waals surface area (Å²) in [7, 11) is 0. The van der Waals surface area contributed by atoms with Crippen LogP contribution < -0.4 is 10.6 Å². The first kappa shape index (κ1) is 14.7. The average Bonchev–Trinajstić information content (AvgIpc) is 2.36. The van der Waals surface area contributed by atoms with Gasteiger partial charge in [-0.2, -0.15) is 13.2 Å². The highest BCUT2D eigenvalue weighted by Gasteiger charge is 2.38. The molecule has 0 saturated carbocycles. The van der Waals surface area contributed by atoms with E-state index in [1.165, 1.54) is 18.2 Å². The molecule has 1 aromatic rings. The number of hydrogen-bond donors (Lipinski definition) is 2. The molecule has 0 aromatic heterocycles. The molecule has 0 bridgehead atoms. The highest BCUT2D eigenvalue weighted by atomic mass is 19.4. The number of alkyl halides is 3. The van der Waals surface area contributed by atoms with Crippen molar-refractivity contribution in [3.05, 3.63) is 42.5 Å². The quantitative estimate of drug-likeness (QED) is 0.823. The van der Waals surface area contributed by atoms with Gasteiger partial charge in [0.05, 0.1) is 0 Å². The molecule has 0 unspecified atom stereocenters. The summed E-state index contributed by atoms with van der Waals surface area (Å²) in [5.41, 5.74) is 0.351. The van der Waals surface area contributed by atoms with Gasteiger partial charge >= 0.3 is 12.1 Å². The zero-order valence-electron chi connectivity index (χ0n) is 9.75. The maximum atomic E-state index is 12.1. The molecule has 0 heterocycles. The summed E-state index contributed by atoms with van der Waals surface area (Å²) in [4.78, 5) is 21.8. The Morgan fingerprint density at radius 2 is 1.89 bits per heavy atom. The fourth-order valence-corrected chi connectivity index (χ4v) is 1.24. The van der Waals surface area contributed by atoms with E-state index in [1.807, 2.05) is 0 Å². The highest BCUT2D eigenvalue weighted by molar-refractivity contribution is 5.95. The Kier molecular flexibility index (Phi) is 4.68. The number of carbonyl (C=O) groups is 2. The lowest BCUT2D eigenvalue weighted by atomic mass is 10.1. The van der Waals surface area contributed by atoms with Crippen LogP contribution in [0.5, 0.6) is 0 Å². The number of anilines is 1. The van der Waals surface area contributed by atoms with Gasteiger partial charge in [-0.1, -0.05) is 24.8 Å². The molecule has 0 aliphatic heterocycles. The fourth-order valence-electron chi connectivity index (χ4n) is 1.24. The minimum Gasteiger partial charge on any atom is -0.348 e. The predicted octanol–water partition coefficient (Wildman–Crippen LogP) is 1.99. The summed E-state index contributed by atoms with van der Waals surface area (Å²) in [5.74, 6) is -2.52. The molecular formula is C12H11F3N2O2. The van der Waals surface area contributed by atoms with Crippen molar-refractivity contribution in [2.24, 2.45) is 0 Å². The molecule has 0 aliphatic carbocycles. The van der Waals surface area contributed by atoms with Crippen LogP contribution >= 0.6 is 0 Å². The molecule has 0 saturated heterocycles. The summed E-state index contributed by atoms with van der Waals surface area (Å²) in [6.07, 6.45) is -3.92. The van der Waals surface area contributed by atoms with E-state index in [9.17, 15) is 22.8 Å². The Balaban J connectivity index is 2.81. The van der Waals surface area contributed by atoms with Crippen molar-refractivity contribution in [1.82, 2.24) is 5.32 Å². The van der Waals surface area contributed by atoms with Crippen molar-refractivity contribution in [2.45, 2.75) is 12.7 Å². The van der Waals surface area contributed by atoms with Gasteiger partial charge in [-0.25, -0.2) is 0 Å². The van der Waals surface area contributed by atoms with Crippen LogP contribution in [-0.2, 0) is 16.1 Å². The SMILES string of the molecule is C=CC(=O)NCc1ccccc1NC(=O)C(F)(F)F. The standard InChI is InChI=1S/C12H11F3N2O2/c1-2-10(18)16-7-8-5-3-4-6-9(8)17-11(19)12(13,14)15/h2-6H,1,7H2,(H,16,18)(H,17,19). The molecule has 0 radical (unpaired) electrons. The zero-order chi connectivity index (χ0) is 14.5. The second-order valence-electron chi connectivity index (χ2n) is 3.53. The first-order valence-corrected chi connectivity index (χ1v) is 5.21. The number of para-hydroxylation sites is 1. The van der Waals surface area contributed by atoms with Crippen molar-refractivity contribution < 1.29 is 22.8 Å². The molecular weight excluding hydrogens is 261 g/mol. The number of carbonyl (C=O) groups excluding carboxylic acids is 2. The third-order valence-electron chi connectivity index (χ3n) is 2.16. The minimum atomic E-state index is -4.96. The molecule has 102 valence electrons. The maximum Gasteiger partial charge on any atom is 0.471 e. The minimum absolute atomic E-state index is 0.00538. The van der Waals surface area contributed by atoms with Crippen LogP contribution in [0.2, 0.25) is 0 Å². The van der Waals surface area contributed by atoms with Gasteiger partial charge in [0.1, 0.15) is 0 Å².